The van der Waals surface area contributed by atoms with Crippen LogP contribution in [0.1, 0.15) is 56.3 Å². The Hall–Kier alpha value is -3.56. The summed E-state index contributed by atoms with van der Waals surface area (Å²) < 4.78 is 23.2. The Morgan fingerprint density at radius 1 is 1.02 bits per heavy atom. The van der Waals surface area contributed by atoms with Crippen molar-refractivity contribution in [2.45, 2.75) is 52.2 Å². The van der Waals surface area contributed by atoms with Crippen LogP contribution in [0.15, 0.2) is 42.0 Å². The molecule has 220 valence electrons. The van der Waals surface area contributed by atoms with E-state index in [4.69, 9.17) is 18.9 Å². The van der Waals surface area contributed by atoms with E-state index in [1.807, 2.05) is 44.2 Å². The van der Waals surface area contributed by atoms with Gasteiger partial charge in [-0.3, -0.25) is 14.5 Å². The fourth-order valence-corrected chi connectivity index (χ4v) is 5.66. The third kappa shape index (κ3) is 6.21. The lowest BCUT2D eigenvalue weighted by Gasteiger charge is -2.31. The van der Waals surface area contributed by atoms with Gasteiger partial charge in [0.2, 0.25) is 0 Å². The number of hydrogen-bond donors (Lipinski definition) is 1. The first-order chi connectivity index (χ1) is 19.9. The van der Waals surface area contributed by atoms with Gasteiger partial charge in [-0.2, -0.15) is 0 Å². The average molecular weight is 565 g/mol. The molecule has 2 atom stereocenters. The van der Waals surface area contributed by atoms with E-state index in [1.165, 1.54) is 0 Å². The summed E-state index contributed by atoms with van der Waals surface area (Å²) in [5, 5.41) is 11.6. The minimum absolute atomic E-state index is 0.0446. The van der Waals surface area contributed by atoms with E-state index >= 15 is 0 Å². The number of ether oxygens (including phenoxy) is 4. The van der Waals surface area contributed by atoms with Crippen LogP contribution in [0.3, 0.4) is 0 Å². The number of rotatable bonds is 11. The monoisotopic (exact) mass is 564 g/mol. The number of carbonyl (C=O) groups excluding carboxylic acids is 2. The largest absolute Gasteiger partial charge is 0.507 e. The number of likely N-dealkylation sites (tertiary alicyclic amines) is 1. The number of hydrogen-bond acceptors (Lipinski definition) is 8. The number of benzene rings is 2. The molecule has 3 heterocycles. The molecule has 41 heavy (non-hydrogen) atoms. The third-order valence-electron chi connectivity index (χ3n) is 7.81. The van der Waals surface area contributed by atoms with Gasteiger partial charge in [-0.05, 0) is 61.7 Å². The van der Waals surface area contributed by atoms with Crippen LogP contribution in [0.25, 0.3) is 5.76 Å². The van der Waals surface area contributed by atoms with Crippen LogP contribution in [0.2, 0.25) is 0 Å². The first kappa shape index (κ1) is 29.0. The summed E-state index contributed by atoms with van der Waals surface area (Å²) in [7, 11) is 0. The summed E-state index contributed by atoms with van der Waals surface area (Å²) in [5.41, 5.74) is 2.21. The summed E-state index contributed by atoms with van der Waals surface area (Å²) in [6.45, 7) is 10.7. The van der Waals surface area contributed by atoms with Crippen LogP contribution in [0.5, 0.6) is 17.2 Å². The van der Waals surface area contributed by atoms with E-state index in [0.29, 0.717) is 68.6 Å². The molecule has 2 aromatic rings. The molecule has 3 aliphatic heterocycles. The van der Waals surface area contributed by atoms with Gasteiger partial charge < -0.3 is 29.0 Å². The maximum absolute atomic E-state index is 13.6. The Labute approximate surface area is 241 Å². The van der Waals surface area contributed by atoms with Crippen molar-refractivity contribution in [2.24, 2.45) is 0 Å². The molecule has 0 bridgehead atoms. The molecule has 2 fully saturated rings. The van der Waals surface area contributed by atoms with Gasteiger partial charge in [-0.1, -0.05) is 19.4 Å². The van der Waals surface area contributed by atoms with Crippen LogP contribution >= 0.6 is 0 Å². The van der Waals surface area contributed by atoms with E-state index in [9.17, 15) is 14.7 Å². The average Bonchev–Trinajstić information content (AvgIpc) is 3.48. The van der Waals surface area contributed by atoms with Crippen molar-refractivity contribution in [3.8, 4) is 17.2 Å². The van der Waals surface area contributed by atoms with Crippen LogP contribution < -0.4 is 14.2 Å². The van der Waals surface area contributed by atoms with Crippen LogP contribution in [-0.2, 0) is 20.7 Å². The molecule has 9 nitrogen and oxygen atoms in total. The molecule has 5 rings (SSSR count). The Morgan fingerprint density at radius 2 is 1.83 bits per heavy atom. The van der Waals surface area contributed by atoms with Crippen molar-refractivity contribution in [3.63, 3.8) is 0 Å². The van der Waals surface area contributed by atoms with Gasteiger partial charge in [0.15, 0.2) is 11.5 Å². The Kier molecular flexibility index (Phi) is 9.15. The molecule has 0 aromatic heterocycles. The molecule has 9 heteroatoms. The van der Waals surface area contributed by atoms with Gasteiger partial charge in [0.25, 0.3) is 11.7 Å². The highest BCUT2D eigenvalue weighted by Crippen LogP contribution is 2.43. The Bertz CT molecular complexity index is 1300. The second-order valence-corrected chi connectivity index (χ2v) is 10.7. The number of amides is 1. The van der Waals surface area contributed by atoms with Crippen LogP contribution in [0, 0.1) is 0 Å². The van der Waals surface area contributed by atoms with E-state index in [2.05, 4.69) is 11.8 Å². The minimum Gasteiger partial charge on any atom is -0.507 e. The summed E-state index contributed by atoms with van der Waals surface area (Å²) >= 11 is 0. The molecule has 0 unspecified atom stereocenters. The number of Topliss-reactive ketones (excluding diaryl/α,β-unsaturated/α-hetero) is 1. The lowest BCUT2D eigenvalue weighted by Crippen LogP contribution is -2.42. The zero-order valence-corrected chi connectivity index (χ0v) is 24.2. The first-order valence-corrected chi connectivity index (χ1v) is 14.7. The topological polar surface area (TPSA) is 97.8 Å². The molecule has 1 amide bonds. The van der Waals surface area contributed by atoms with Gasteiger partial charge in [0.05, 0.1) is 38.0 Å². The van der Waals surface area contributed by atoms with E-state index in [0.717, 1.165) is 37.2 Å². The van der Waals surface area contributed by atoms with Gasteiger partial charge in [-0.15, -0.1) is 0 Å². The van der Waals surface area contributed by atoms with Gasteiger partial charge in [-0.25, -0.2) is 0 Å². The van der Waals surface area contributed by atoms with Crippen molar-refractivity contribution >= 4 is 17.4 Å². The highest BCUT2D eigenvalue weighted by molar-refractivity contribution is 6.46. The zero-order valence-electron chi connectivity index (χ0n) is 24.2. The SMILES string of the molecule is CCCCOc1ccc([C@@H]2/C(=C(\O)c3ccc4c(c3)C[C@H](C)O4)C(=O)C(=O)N2CCN2CCOCC2)cc1OCC. The van der Waals surface area contributed by atoms with Gasteiger partial charge >= 0.3 is 0 Å². The van der Waals surface area contributed by atoms with Crippen LogP contribution in [0.4, 0.5) is 0 Å². The van der Waals surface area contributed by atoms with Gasteiger partial charge in [0, 0.05) is 38.2 Å². The maximum Gasteiger partial charge on any atom is 0.295 e. The molecule has 0 saturated carbocycles. The summed E-state index contributed by atoms with van der Waals surface area (Å²) in [6, 6.07) is 10.1. The molecule has 0 spiro atoms. The maximum atomic E-state index is 13.6. The second kappa shape index (κ2) is 13.0. The standard InChI is InChI=1S/C32H40N2O7/c1-4-6-15-40-26-10-7-22(20-27(26)39-5-2)29-28(30(35)23-8-9-25-24(19-23)18-21(3)41-25)31(36)32(37)34(29)12-11-33-13-16-38-17-14-33/h7-10,19-21,29,35H,4-6,11-18H2,1-3H3/b30-28+/t21-,29+/m0/s1. The predicted octanol–water partition coefficient (Wildman–Crippen LogP) is 4.34. The summed E-state index contributed by atoms with van der Waals surface area (Å²) in [6.07, 6.45) is 2.68. The molecule has 1 N–H and O–H groups in total. The fourth-order valence-electron chi connectivity index (χ4n) is 5.66. The van der Waals surface area contributed by atoms with Crippen molar-refractivity contribution < 1.29 is 33.6 Å². The normalized spacial score (nSPS) is 22.1. The molecular formula is C32H40N2O7. The number of carbonyl (C=O) groups is 2. The second-order valence-electron chi connectivity index (χ2n) is 10.7. The number of aliphatic hydroxyl groups excluding tert-OH is 1. The number of ketones is 1. The van der Waals surface area contributed by atoms with Crippen molar-refractivity contribution in [3.05, 3.63) is 58.7 Å². The lowest BCUT2D eigenvalue weighted by atomic mass is 9.94. The summed E-state index contributed by atoms with van der Waals surface area (Å²) in [4.78, 5) is 30.9. The van der Waals surface area contributed by atoms with Crippen molar-refractivity contribution in [2.75, 3.05) is 52.6 Å². The molecule has 2 saturated heterocycles. The Balaban J connectivity index is 1.54. The van der Waals surface area contributed by atoms with E-state index < -0.39 is 17.7 Å². The van der Waals surface area contributed by atoms with Crippen molar-refractivity contribution in [1.82, 2.24) is 9.80 Å². The van der Waals surface area contributed by atoms with Gasteiger partial charge in [0.1, 0.15) is 17.6 Å². The fraction of sp³-hybridized carbons (Fsp3) is 0.500. The highest BCUT2D eigenvalue weighted by Gasteiger charge is 2.46. The first-order valence-electron chi connectivity index (χ1n) is 14.7. The number of nitrogens with zero attached hydrogens (tertiary/aromatic N) is 2. The third-order valence-corrected chi connectivity index (χ3v) is 7.81. The quantitative estimate of drug-likeness (QED) is 0.186. The lowest BCUT2D eigenvalue weighted by molar-refractivity contribution is -0.140. The molecular weight excluding hydrogens is 524 g/mol. The molecule has 2 aromatic carbocycles. The zero-order chi connectivity index (χ0) is 28.9. The van der Waals surface area contributed by atoms with E-state index in [1.54, 1.807) is 11.0 Å². The van der Waals surface area contributed by atoms with E-state index in [-0.39, 0.29) is 17.4 Å². The predicted molar refractivity (Wildman–Crippen MR) is 155 cm³/mol. The number of morpholine rings is 1. The molecule has 3 aliphatic rings. The number of unbranched alkanes of at least 4 members (excludes halogenated alkanes) is 1. The molecule has 0 radical (unpaired) electrons. The highest BCUT2D eigenvalue weighted by atomic mass is 16.5. The minimum atomic E-state index is -0.775. The smallest absolute Gasteiger partial charge is 0.295 e. The number of fused-ring (bicyclic) bond motifs is 1. The van der Waals surface area contributed by atoms with Crippen molar-refractivity contribution in [1.29, 1.82) is 0 Å². The Morgan fingerprint density at radius 3 is 2.59 bits per heavy atom. The molecule has 0 aliphatic carbocycles. The summed E-state index contributed by atoms with van der Waals surface area (Å²) in [5.74, 6) is 0.429. The van der Waals surface area contributed by atoms with Crippen LogP contribution in [-0.4, -0.2) is 85.3 Å². The number of aliphatic hydroxyl groups is 1.